The van der Waals surface area contributed by atoms with Crippen LogP contribution in [0.1, 0.15) is 31.2 Å². The Labute approximate surface area is 103 Å². The van der Waals surface area contributed by atoms with Gasteiger partial charge >= 0.3 is 0 Å². The number of ether oxygens (including phenoxy) is 1. The van der Waals surface area contributed by atoms with Gasteiger partial charge in [-0.3, -0.25) is 0 Å². The van der Waals surface area contributed by atoms with Crippen molar-refractivity contribution in [3.8, 4) is 0 Å². The summed E-state index contributed by atoms with van der Waals surface area (Å²) in [6.45, 7) is 7.96. The Morgan fingerprint density at radius 1 is 1.24 bits per heavy atom. The van der Waals surface area contributed by atoms with E-state index in [9.17, 15) is 0 Å². The minimum atomic E-state index is 0.403. The summed E-state index contributed by atoms with van der Waals surface area (Å²) in [4.78, 5) is 8.83. The molecule has 4 heteroatoms. The molecule has 1 aliphatic heterocycles. The van der Waals surface area contributed by atoms with Crippen LogP contribution in [0.25, 0.3) is 0 Å². The molecule has 1 aliphatic rings. The molecule has 1 N–H and O–H groups in total. The minimum Gasteiger partial charge on any atom is -0.381 e. The number of aryl methyl sites for hydroxylation is 2. The highest BCUT2D eigenvalue weighted by Gasteiger charge is 2.20. The molecule has 1 atom stereocenters. The van der Waals surface area contributed by atoms with Gasteiger partial charge in [-0.05, 0) is 45.6 Å². The first-order chi connectivity index (χ1) is 8.15. The normalized spacial score (nSPS) is 19.0. The van der Waals surface area contributed by atoms with E-state index in [1.165, 1.54) is 0 Å². The summed E-state index contributed by atoms with van der Waals surface area (Å²) >= 11 is 0. The topological polar surface area (TPSA) is 47.0 Å². The lowest BCUT2D eigenvalue weighted by Crippen LogP contribution is -2.31. The fourth-order valence-electron chi connectivity index (χ4n) is 2.33. The van der Waals surface area contributed by atoms with Crippen LogP contribution in [-0.4, -0.2) is 29.2 Å². The predicted octanol–water partition coefficient (Wildman–Crippen LogP) is 2.32. The van der Waals surface area contributed by atoms with E-state index in [1.54, 1.807) is 0 Å². The summed E-state index contributed by atoms with van der Waals surface area (Å²) in [5.74, 6) is 1.41. The maximum absolute atomic E-state index is 5.38. The molecule has 2 rings (SSSR count). The number of anilines is 1. The lowest BCUT2D eigenvalue weighted by atomic mass is 9.93. The molecule has 1 aromatic heterocycles. The molecule has 0 spiro atoms. The second-order valence-electron chi connectivity index (χ2n) is 4.86. The van der Waals surface area contributed by atoms with Crippen molar-refractivity contribution in [3.05, 3.63) is 17.5 Å². The Bertz CT molecular complexity index is 355. The van der Waals surface area contributed by atoms with Gasteiger partial charge in [-0.2, -0.15) is 0 Å². The number of hydrogen-bond acceptors (Lipinski definition) is 4. The van der Waals surface area contributed by atoms with Crippen molar-refractivity contribution in [1.29, 1.82) is 0 Å². The van der Waals surface area contributed by atoms with Crippen molar-refractivity contribution in [3.63, 3.8) is 0 Å². The zero-order valence-electron chi connectivity index (χ0n) is 10.9. The summed E-state index contributed by atoms with van der Waals surface area (Å²) < 4.78 is 5.38. The highest BCUT2D eigenvalue weighted by atomic mass is 16.5. The molecule has 4 nitrogen and oxygen atoms in total. The molecule has 0 aromatic carbocycles. The molecule has 0 radical (unpaired) electrons. The molecule has 0 saturated carbocycles. The molecule has 2 heterocycles. The van der Waals surface area contributed by atoms with Crippen LogP contribution >= 0.6 is 0 Å². The van der Waals surface area contributed by atoms with Crippen LogP contribution in [0.2, 0.25) is 0 Å². The van der Waals surface area contributed by atoms with Crippen molar-refractivity contribution in [2.24, 2.45) is 5.92 Å². The molecular formula is C13H21N3O. The fraction of sp³-hybridized carbons (Fsp3) is 0.692. The standard InChI is InChI=1S/C13H21N3O/c1-9-8-10(2)15-13(14-9)16-11(3)12-4-6-17-7-5-12/h8,11-12H,4-7H2,1-3H3,(H,14,15,16). The highest BCUT2D eigenvalue weighted by molar-refractivity contribution is 5.29. The van der Waals surface area contributed by atoms with Crippen molar-refractivity contribution in [2.75, 3.05) is 18.5 Å². The summed E-state index contributed by atoms with van der Waals surface area (Å²) in [6.07, 6.45) is 2.25. The van der Waals surface area contributed by atoms with Gasteiger partial charge in [0.05, 0.1) is 0 Å². The van der Waals surface area contributed by atoms with Gasteiger partial charge in [0.15, 0.2) is 0 Å². The third-order valence-corrected chi connectivity index (χ3v) is 3.31. The molecule has 0 amide bonds. The molecule has 17 heavy (non-hydrogen) atoms. The van der Waals surface area contributed by atoms with Crippen molar-refractivity contribution in [2.45, 2.75) is 39.7 Å². The number of hydrogen-bond donors (Lipinski definition) is 1. The maximum atomic E-state index is 5.38. The van der Waals surface area contributed by atoms with Gasteiger partial charge in [-0.1, -0.05) is 0 Å². The first-order valence-electron chi connectivity index (χ1n) is 6.31. The van der Waals surface area contributed by atoms with E-state index < -0.39 is 0 Å². The van der Waals surface area contributed by atoms with E-state index in [2.05, 4.69) is 22.2 Å². The van der Waals surface area contributed by atoms with E-state index in [-0.39, 0.29) is 0 Å². The molecule has 1 aromatic rings. The van der Waals surface area contributed by atoms with Gasteiger partial charge in [0.1, 0.15) is 0 Å². The molecule has 94 valence electrons. The molecule has 1 fully saturated rings. The Balaban J connectivity index is 1.99. The second kappa shape index (κ2) is 5.45. The van der Waals surface area contributed by atoms with Crippen LogP contribution < -0.4 is 5.32 Å². The second-order valence-corrected chi connectivity index (χ2v) is 4.86. The zero-order chi connectivity index (χ0) is 12.3. The monoisotopic (exact) mass is 235 g/mol. The lowest BCUT2D eigenvalue weighted by Gasteiger charge is -2.28. The third-order valence-electron chi connectivity index (χ3n) is 3.31. The summed E-state index contributed by atoms with van der Waals surface area (Å²) in [5, 5.41) is 3.42. The van der Waals surface area contributed by atoms with E-state index in [1.807, 2.05) is 19.9 Å². The smallest absolute Gasteiger partial charge is 0.223 e. The first-order valence-corrected chi connectivity index (χ1v) is 6.31. The van der Waals surface area contributed by atoms with Crippen LogP contribution in [0.3, 0.4) is 0 Å². The molecule has 0 aliphatic carbocycles. The Kier molecular flexibility index (Phi) is 3.94. The number of nitrogens with one attached hydrogen (secondary N) is 1. The van der Waals surface area contributed by atoms with Crippen LogP contribution in [0.15, 0.2) is 6.07 Å². The van der Waals surface area contributed by atoms with E-state index in [0.29, 0.717) is 12.0 Å². The molecular weight excluding hydrogens is 214 g/mol. The first kappa shape index (κ1) is 12.3. The van der Waals surface area contributed by atoms with Crippen LogP contribution in [0.5, 0.6) is 0 Å². The van der Waals surface area contributed by atoms with Gasteiger partial charge < -0.3 is 10.1 Å². The van der Waals surface area contributed by atoms with Crippen molar-refractivity contribution in [1.82, 2.24) is 9.97 Å². The van der Waals surface area contributed by atoms with E-state index >= 15 is 0 Å². The number of nitrogens with zero attached hydrogens (tertiary/aromatic N) is 2. The van der Waals surface area contributed by atoms with Crippen LogP contribution in [0, 0.1) is 19.8 Å². The quantitative estimate of drug-likeness (QED) is 0.873. The summed E-state index contributed by atoms with van der Waals surface area (Å²) in [5.41, 5.74) is 2.03. The number of aromatic nitrogens is 2. The Hall–Kier alpha value is -1.16. The maximum Gasteiger partial charge on any atom is 0.223 e. The average Bonchev–Trinajstić information content (AvgIpc) is 2.28. The predicted molar refractivity (Wildman–Crippen MR) is 68.1 cm³/mol. The summed E-state index contributed by atoms with van der Waals surface area (Å²) in [7, 11) is 0. The van der Waals surface area contributed by atoms with Gasteiger partial charge in [0.2, 0.25) is 5.95 Å². The minimum absolute atomic E-state index is 0.403. The average molecular weight is 235 g/mol. The van der Waals surface area contributed by atoms with Crippen molar-refractivity contribution >= 4 is 5.95 Å². The third kappa shape index (κ3) is 3.40. The van der Waals surface area contributed by atoms with Gasteiger partial charge in [-0.25, -0.2) is 9.97 Å². The van der Waals surface area contributed by atoms with E-state index in [4.69, 9.17) is 4.74 Å². The van der Waals surface area contributed by atoms with Crippen molar-refractivity contribution < 1.29 is 4.74 Å². The fourth-order valence-corrected chi connectivity index (χ4v) is 2.33. The Morgan fingerprint density at radius 2 is 1.82 bits per heavy atom. The van der Waals surface area contributed by atoms with Gasteiger partial charge in [0.25, 0.3) is 0 Å². The van der Waals surface area contributed by atoms with E-state index in [0.717, 1.165) is 43.4 Å². The highest BCUT2D eigenvalue weighted by Crippen LogP contribution is 2.20. The zero-order valence-corrected chi connectivity index (χ0v) is 10.9. The van der Waals surface area contributed by atoms with Gasteiger partial charge in [0, 0.05) is 30.6 Å². The number of rotatable bonds is 3. The molecule has 1 saturated heterocycles. The Morgan fingerprint density at radius 3 is 2.41 bits per heavy atom. The summed E-state index contributed by atoms with van der Waals surface area (Å²) in [6, 6.07) is 2.39. The lowest BCUT2D eigenvalue weighted by molar-refractivity contribution is 0.0621. The molecule has 0 bridgehead atoms. The van der Waals surface area contributed by atoms with Crippen LogP contribution in [0.4, 0.5) is 5.95 Å². The molecule has 1 unspecified atom stereocenters. The SMILES string of the molecule is Cc1cc(C)nc(NC(C)C2CCOCC2)n1. The van der Waals surface area contributed by atoms with Crippen LogP contribution in [-0.2, 0) is 4.74 Å². The largest absolute Gasteiger partial charge is 0.381 e. The van der Waals surface area contributed by atoms with Gasteiger partial charge in [-0.15, -0.1) is 0 Å².